The molecule has 4 rings (SSSR count). The number of nitrogens with zero attached hydrogens (tertiary/aromatic N) is 4. The van der Waals surface area contributed by atoms with E-state index in [1.807, 2.05) is 43.3 Å². The van der Waals surface area contributed by atoms with Crippen LogP contribution in [0.5, 0.6) is 5.75 Å². The lowest BCUT2D eigenvalue weighted by atomic mass is 10.1. The van der Waals surface area contributed by atoms with Gasteiger partial charge in [-0.2, -0.15) is 9.61 Å². The predicted molar refractivity (Wildman–Crippen MR) is 105 cm³/mol. The lowest BCUT2D eigenvalue weighted by Gasteiger charge is -2.07. The van der Waals surface area contributed by atoms with Crippen molar-refractivity contribution in [2.75, 3.05) is 7.11 Å². The zero-order valence-corrected chi connectivity index (χ0v) is 15.9. The lowest BCUT2D eigenvalue weighted by Crippen LogP contribution is -2.24. The second-order valence-electron chi connectivity index (χ2n) is 6.50. The second kappa shape index (κ2) is 7.67. The zero-order chi connectivity index (χ0) is 20.4. The van der Waals surface area contributed by atoms with Crippen LogP contribution < -0.4 is 10.1 Å². The molecule has 0 atom stereocenters. The summed E-state index contributed by atoms with van der Waals surface area (Å²) < 4.78 is 20.3. The number of halogens is 1. The molecule has 0 saturated carbocycles. The third-order valence-electron chi connectivity index (χ3n) is 4.50. The number of ether oxygens (including phenoxy) is 1. The summed E-state index contributed by atoms with van der Waals surface area (Å²) in [5.74, 6) is -0.482. The highest BCUT2D eigenvalue weighted by Crippen LogP contribution is 2.19. The van der Waals surface area contributed by atoms with Gasteiger partial charge in [0.1, 0.15) is 0 Å². The summed E-state index contributed by atoms with van der Waals surface area (Å²) in [5.41, 5.74) is 3.65. The summed E-state index contributed by atoms with van der Waals surface area (Å²) in [4.78, 5) is 12.4. The average molecular weight is 391 g/mol. The average Bonchev–Trinajstić information content (AvgIpc) is 3.14. The Balaban J connectivity index is 1.55. The van der Waals surface area contributed by atoms with Gasteiger partial charge in [0, 0.05) is 11.1 Å². The van der Waals surface area contributed by atoms with E-state index in [1.165, 1.54) is 19.2 Å². The van der Waals surface area contributed by atoms with Gasteiger partial charge < -0.3 is 10.1 Å². The molecule has 2 heterocycles. The van der Waals surface area contributed by atoms with Crippen LogP contribution in [0.2, 0.25) is 0 Å². The molecule has 1 N–H and O–H groups in total. The van der Waals surface area contributed by atoms with E-state index in [-0.39, 0.29) is 17.9 Å². The van der Waals surface area contributed by atoms with Crippen LogP contribution in [0, 0.1) is 12.7 Å². The molecule has 0 unspecified atom stereocenters. The van der Waals surface area contributed by atoms with Gasteiger partial charge in [-0.15, -0.1) is 10.2 Å². The monoisotopic (exact) mass is 391 g/mol. The number of benzene rings is 2. The van der Waals surface area contributed by atoms with Gasteiger partial charge in [0.25, 0.3) is 5.91 Å². The number of carbonyl (C=O) groups is 1. The highest BCUT2D eigenvalue weighted by molar-refractivity contribution is 5.94. The highest BCUT2D eigenvalue weighted by atomic mass is 19.1. The standard InChI is InChI=1S/C21H18FN5O2/c1-13-3-5-14(6-4-13)17-8-10-19-24-25-20(27(19)26-17)12-23-21(28)15-7-9-18(29-2)16(22)11-15/h3-11H,12H2,1-2H3,(H,23,28). The lowest BCUT2D eigenvalue weighted by molar-refractivity contribution is 0.0949. The number of fused-ring (bicyclic) bond motifs is 1. The molecular weight excluding hydrogens is 373 g/mol. The largest absolute Gasteiger partial charge is 0.494 e. The van der Waals surface area contributed by atoms with Crippen LogP contribution in [0.4, 0.5) is 4.39 Å². The summed E-state index contributed by atoms with van der Waals surface area (Å²) >= 11 is 0. The van der Waals surface area contributed by atoms with Crippen LogP contribution >= 0.6 is 0 Å². The number of aryl methyl sites for hydroxylation is 1. The third kappa shape index (κ3) is 3.77. The van der Waals surface area contributed by atoms with Crippen molar-refractivity contribution in [3.8, 4) is 17.0 Å². The first-order valence-corrected chi connectivity index (χ1v) is 8.95. The Kier molecular flexibility index (Phi) is 4.90. The molecule has 0 aliphatic rings. The van der Waals surface area contributed by atoms with Crippen molar-refractivity contribution in [2.45, 2.75) is 13.5 Å². The topological polar surface area (TPSA) is 81.4 Å². The number of carbonyl (C=O) groups excluding carboxylic acids is 1. The minimum absolute atomic E-state index is 0.0813. The fourth-order valence-corrected chi connectivity index (χ4v) is 2.89. The van der Waals surface area contributed by atoms with Crippen molar-refractivity contribution in [3.63, 3.8) is 0 Å². The number of amides is 1. The van der Waals surface area contributed by atoms with Crippen LogP contribution in [-0.4, -0.2) is 32.8 Å². The predicted octanol–water partition coefficient (Wildman–Crippen LogP) is 3.18. The SMILES string of the molecule is COc1ccc(C(=O)NCc2nnc3ccc(-c4ccc(C)cc4)nn23)cc1F. The number of rotatable bonds is 5. The molecule has 0 aliphatic carbocycles. The van der Waals surface area contributed by atoms with E-state index < -0.39 is 11.7 Å². The molecule has 1 amide bonds. The third-order valence-corrected chi connectivity index (χ3v) is 4.50. The van der Waals surface area contributed by atoms with Crippen LogP contribution in [0.1, 0.15) is 21.7 Å². The van der Waals surface area contributed by atoms with Gasteiger partial charge in [0.2, 0.25) is 0 Å². The van der Waals surface area contributed by atoms with Crippen molar-refractivity contribution >= 4 is 11.6 Å². The summed E-state index contributed by atoms with van der Waals surface area (Å²) in [7, 11) is 1.37. The molecular formula is C21H18FN5O2. The molecule has 0 aliphatic heterocycles. The van der Waals surface area contributed by atoms with Gasteiger partial charge in [0.15, 0.2) is 23.0 Å². The van der Waals surface area contributed by atoms with Crippen LogP contribution in [0.25, 0.3) is 16.9 Å². The molecule has 2 aromatic heterocycles. The quantitative estimate of drug-likeness (QED) is 0.565. The summed E-state index contributed by atoms with van der Waals surface area (Å²) in [6, 6.07) is 15.7. The molecule has 7 nitrogen and oxygen atoms in total. The molecule has 8 heteroatoms. The number of methoxy groups -OCH3 is 1. The Bertz CT molecular complexity index is 1190. The normalized spacial score (nSPS) is 10.9. The second-order valence-corrected chi connectivity index (χ2v) is 6.50. The van der Waals surface area contributed by atoms with E-state index >= 15 is 0 Å². The van der Waals surface area contributed by atoms with Crippen LogP contribution in [0.3, 0.4) is 0 Å². The van der Waals surface area contributed by atoms with E-state index in [0.29, 0.717) is 11.5 Å². The minimum atomic E-state index is -0.600. The number of nitrogens with one attached hydrogen (secondary N) is 1. The number of hydrogen-bond donors (Lipinski definition) is 1. The fourth-order valence-electron chi connectivity index (χ4n) is 2.89. The van der Waals surface area contributed by atoms with Gasteiger partial charge in [-0.1, -0.05) is 29.8 Å². The van der Waals surface area contributed by atoms with E-state index in [1.54, 1.807) is 4.52 Å². The number of hydrogen-bond acceptors (Lipinski definition) is 5. The minimum Gasteiger partial charge on any atom is -0.494 e. The Morgan fingerprint density at radius 2 is 1.90 bits per heavy atom. The zero-order valence-electron chi connectivity index (χ0n) is 15.9. The van der Waals surface area contributed by atoms with Gasteiger partial charge in [-0.3, -0.25) is 4.79 Å². The molecule has 0 fully saturated rings. The van der Waals surface area contributed by atoms with Gasteiger partial charge >= 0.3 is 0 Å². The van der Waals surface area contributed by atoms with Crippen molar-refractivity contribution in [3.05, 3.63) is 77.4 Å². The molecule has 146 valence electrons. The smallest absolute Gasteiger partial charge is 0.251 e. The van der Waals surface area contributed by atoms with Crippen molar-refractivity contribution in [1.29, 1.82) is 0 Å². The molecule has 2 aromatic carbocycles. The summed E-state index contributed by atoms with van der Waals surface area (Å²) in [6.45, 7) is 2.12. The van der Waals surface area contributed by atoms with E-state index in [4.69, 9.17) is 4.74 Å². The first kappa shape index (κ1) is 18.5. The van der Waals surface area contributed by atoms with Crippen LogP contribution in [0.15, 0.2) is 54.6 Å². The maximum absolute atomic E-state index is 13.8. The molecule has 0 radical (unpaired) electrons. The maximum Gasteiger partial charge on any atom is 0.251 e. The van der Waals surface area contributed by atoms with Gasteiger partial charge in [0.05, 0.1) is 19.3 Å². The summed E-state index contributed by atoms with van der Waals surface area (Å²) in [6.07, 6.45) is 0. The van der Waals surface area contributed by atoms with Gasteiger partial charge in [-0.05, 0) is 37.3 Å². The maximum atomic E-state index is 13.8. The van der Waals surface area contributed by atoms with Crippen molar-refractivity contribution in [2.24, 2.45) is 0 Å². The molecule has 0 saturated heterocycles. The molecule has 0 spiro atoms. The molecule has 4 aromatic rings. The first-order valence-electron chi connectivity index (χ1n) is 8.95. The Morgan fingerprint density at radius 1 is 1.10 bits per heavy atom. The van der Waals surface area contributed by atoms with Gasteiger partial charge in [-0.25, -0.2) is 4.39 Å². The van der Waals surface area contributed by atoms with E-state index in [0.717, 1.165) is 22.9 Å². The Morgan fingerprint density at radius 3 is 2.62 bits per heavy atom. The first-order chi connectivity index (χ1) is 14.0. The van der Waals surface area contributed by atoms with E-state index in [9.17, 15) is 9.18 Å². The summed E-state index contributed by atoms with van der Waals surface area (Å²) in [5, 5.41) is 15.5. The Hall–Kier alpha value is -3.81. The van der Waals surface area contributed by atoms with Crippen molar-refractivity contribution in [1.82, 2.24) is 25.1 Å². The highest BCUT2D eigenvalue weighted by Gasteiger charge is 2.13. The fraction of sp³-hybridized carbons (Fsp3) is 0.143. The van der Waals surface area contributed by atoms with Crippen LogP contribution in [-0.2, 0) is 6.54 Å². The number of aromatic nitrogens is 4. The van der Waals surface area contributed by atoms with Crippen molar-refractivity contribution < 1.29 is 13.9 Å². The Labute approximate surface area is 166 Å². The molecule has 0 bridgehead atoms. The molecule has 29 heavy (non-hydrogen) atoms. The van der Waals surface area contributed by atoms with E-state index in [2.05, 4.69) is 20.6 Å².